The number of methoxy groups -OCH3 is 1. The molecule has 0 aliphatic rings. The largest absolute Gasteiger partial charge is 0.497 e. The maximum absolute atomic E-state index is 10.1. The van der Waals surface area contributed by atoms with Crippen LogP contribution in [0.5, 0.6) is 5.75 Å². The first-order valence-electron chi connectivity index (χ1n) is 7.72. The first-order chi connectivity index (χ1) is 10.6. The van der Waals surface area contributed by atoms with Gasteiger partial charge in [-0.25, -0.2) is 0 Å². The van der Waals surface area contributed by atoms with Gasteiger partial charge in [0.2, 0.25) is 0 Å². The van der Waals surface area contributed by atoms with Crippen LogP contribution in [0.3, 0.4) is 0 Å². The molecule has 3 nitrogen and oxygen atoms in total. The molecule has 0 fully saturated rings. The molecule has 2 aromatic rings. The zero-order chi connectivity index (χ0) is 15.9. The second-order valence-corrected chi connectivity index (χ2v) is 5.84. The van der Waals surface area contributed by atoms with Gasteiger partial charge in [0.1, 0.15) is 5.75 Å². The van der Waals surface area contributed by atoms with Crippen molar-refractivity contribution in [3.05, 3.63) is 65.7 Å². The van der Waals surface area contributed by atoms with Crippen LogP contribution in [0.2, 0.25) is 0 Å². The summed E-state index contributed by atoms with van der Waals surface area (Å²) >= 11 is 0. The molecule has 2 atom stereocenters. The van der Waals surface area contributed by atoms with Crippen LogP contribution in [0.4, 0.5) is 0 Å². The molecule has 118 valence electrons. The van der Waals surface area contributed by atoms with Gasteiger partial charge in [0.15, 0.2) is 0 Å². The van der Waals surface area contributed by atoms with Crippen molar-refractivity contribution in [2.45, 2.75) is 26.0 Å². The van der Waals surface area contributed by atoms with Crippen molar-refractivity contribution in [2.24, 2.45) is 5.92 Å². The maximum Gasteiger partial charge on any atom is 0.118 e. The average molecular weight is 299 g/mol. The summed E-state index contributed by atoms with van der Waals surface area (Å²) in [6.45, 7) is 4.61. The number of benzene rings is 2. The summed E-state index contributed by atoms with van der Waals surface area (Å²) in [5.41, 5.74) is 2.34. The molecule has 0 amide bonds. The second kappa shape index (κ2) is 7.97. The van der Waals surface area contributed by atoms with Crippen LogP contribution in [-0.2, 0) is 0 Å². The first kappa shape index (κ1) is 16.5. The lowest BCUT2D eigenvalue weighted by atomic mass is 9.97. The fraction of sp³-hybridized carbons (Fsp3) is 0.368. The highest BCUT2D eigenvalue weighted by Gasteiger charge is 2.16. The van der Waals surface area contributed by atoms with E-state index >= 15 is 0 Å². The number of aliphatic hydroxyl groups excluding tert-OH is 1. The number of hydrogen-bond donors (Lipinski definition) is 2. The van der Waals surface area contributed by atoms with Crippen LogP contribution in [-0.4, -0.2) is 24.9 Å². The Bertz CT molecular complexity index is 551. The summed E-state index contributed by atoms with van der Waals surface area (Å²) < 4.78 is 5.22. The van der Waals surface area contributed by atoms with Gasteiger partial charge in [0.05, 0.1) is 19.3 Å². The Kier molecular flexibility index (Phi) is 5.99. The zero-order valence-corrected chi connectivity index (χ0v) is 13.5. The molecule has 0 aromatic heterocycles. The van der Waals surface area contributed by atoms with Crippen molar-refractivity contribution in [3.63, 3.8) is 0 Å². The Morgan fingerprint density at radius 1 is 0.955 bits per heavy atom. The zero-order valence-electron chi connectivity index (χ0n) is 13.5. The standard InChI is InChI=1S/C19H25NO2/c1-14(2)18(21)13-20-19(15-7-5-4-6-8-15)16-9-11-17(22-3)12-10-16/h4-12,14,18-21H,13H2,1-3H3. The molecular weight excluding hydrogens is 274 g/mol. The van der Waals surface area contributed by atoms with E-state index < -0.39 is 0 Å². The molecule has 2 N–H and O–H groups in total. The summed E-state index contributed by atoms with van der Waals surface area (Å²) in [6.07, 6.45) is -0.357. The van der Waals surface area contributed by atoms with Gasteiger partial charge in [-0.2, -0.15) is 0 Å². The third-order valence-electron chi connectivity index (χ3n) is 3.88. The van der Waals surface area contributed by atoms with E-state index in [-0.39, 0.29) is 18.1 Å². The molecule has 0 aliphatic heterocycles. The molecule has 2 aromatic carbocycles. The Labute approximate surface area is 133 Å². The molecule has 0 bridgehead atoms. The Balaban J connectivity index is 2.21. The highest BCUT2D eigenvalue weighted by atomic mass is 16.5. The summed E-state index contributed by atoms with van der Waals surface area (Å²) in [7, 11) is 1.67. The summed E-state index contributed by atoms with van der Waals surface area (Å²) in [5.74, 6) is 1.08. The molecule has 0 heterocycles. The monoisotopic (exact) mass is 299 g/mol. The van der Waals surface area contributed by atoms with E-state index in [0.29, 0.717) is 6.54 Å². The molecule has 0 saturated heterocycles. The van der Waals surface area contributed by atoms with Gasteiger partial charge in [-0.15, -0.1) is 0 Å². The molecule has 22 heavy (non-hydrogen) atoms. The van der Waals surface area contributed by atoms with Gasteiger partial charge < -0.3 is 15.2 Å². The maximum atomic E-state index is 10.1. The predicted molar refractivity (Wildman–Crippen MR) is 90.1 cm³/mol. The topological polar surface area (TPSA) is 41.5 Å². The summed E-state index contributed by atoms with van der Waals surface area (Å²) in [6, 6.07) is 18.4. The number of hydrogen-bond acceptors (Lipinski definition) is 3. The third-order valence-corrected chi connectivity index (χ3v) is 3.88. The van der Waals surface area contributed by atoms with Gasteiger partial charge in [0.25, 0.3) is 0 Å². The van der Waals surface area contributed by atoms with E-state index in [2.05, 4.69) is 29.6 Å². The quantitative estimate of drug-likeness (QED) is 0.823. The number of nitrogens with one attached hydrogen (secondary N) is 1. The number of aliphatic hydroxyl groups is 1. The highest BCUT2D eigenvalue weighted by Crippen LogP contribution is 2.24. The molecule has 2 rings (SSSR count). The van der Waals surface area contributed by atoms with Crippen LogP contribution in [0, 0.1) is 5.92 Å². The highest BCUT2D eigenvalue weighted by molar-refractivity contribution is 5.35. The van der Waals surface area contributed by atoms with E-state index in [0.717, 1.165) is 11.3 Å². The van der Waals surface area contributed by atoms with Crippen molar-refractivity contribution in [1.82, 2.24) is 5.32 Å². The van der Waals surface area contributed by atoms with Crippen molar-refractivity contribution < 1.29 is 9.84 Å². The summed E-state index contributed by atoms with van der Waals surface area (Å²) in [5, 5.41) is 13.5. The van der Waals surface area contributed by atoms with Gasteiger partial charge in [0, 0.05) is 6.54 Å². The van der Waals surface area contributed by atoms with E-state index in [4.69, 9.17) is 4.74 Å². The van der Waals surface area contributed by atoms with E-state index in [1.165, 1.54) is 5.56 Å². The Morgan fingerprint density at radius 2 is 1.55 bits per heavy atom. The lowest BCUT2D eigenvalue weighted by molar-refractivity contribution is 0.121. The lowest BCUT2D eigenvalue weighted by Gasteiger charge is -2.23. The van der Waals surface area contributed by atoms with Gasteiger partial charge in [-0.1, -0.05) is 56.3 Å². The molecule has 3 heteroatoms. The van der Waals surface area contributed by atoms with Crippen molar-refractivity contribution in [2.75, 3.05) is 13.7 Å². The first-order valence-corrected chi connectivity index (χ1v) is 7.72. The molecule has 0 aliphatic carbocycles. The molecule has 0 saturated carbocycles. The third kappa shape index (κ3) is 4.33. The molecule has 0 spiro atoms. The minimum Gasteiger partial charge on any atom is -0.497 e. The Hall–Kier alpha value is -1.84. The van der Waals surface area contributed by atoms with Gasteiger partial charge in [-0.3, -0.25) is 0 Å². The number of ether oxygens (including phenoxy) is 1. The van der Waals surface area contributed by atoms with E-state index in [1.54, 1.807) is 7.11 Å². The predicted octanol–water partition coefficient (Wildman–Crippen LogP) is 3.39. The second-order valence-electron chi connectivity index (χ2n) is 5.84. The van der Waals surface area contributed by atoms with E-state index in [9.17, 15) is 5.11 Å². The van der Waals surface area contributed by atoms with Crippen LogP contribution < -0.4 is 10.1 Å². The van der Waals surface area contributed by atoms with Gasteiger partial charge in [-0.05, 0) is 29.2 Å². The molecule has 0 radical (unpaired) electrons. The normalized spacial score (nSPS) is 13.9. The fourth-order valence-corrected chi connectivity index (χ4v) is 2.34. The van der Waals surface area contributed by atoms with Gasteiger partial charge >= 0.3 is 0 Å². The molecule has 2 unspecified atom stereocenters. The van der Waals surface area contributed by atoms with Crippen molar-refractivity contribution in [1.29, 1.82) is 0 Å². The van der Waals surface area contributed by atoms with Crippen LogP contribution in [0.1, 0.15) is 31.0 Å². The van der Waals surface area contributed by atoms with E-state index in [1.807, 2.05) is 44.2 Å². The van der Waals surface area contributed by atoms with Crippen LogP contribution in [0.25, 0.3) is 0 Å². The lowest BCUT2D eigenvalue weighted by Crippen LogP contribution is -2.33. The minimum absolute atomic E-state index is 0.0560. The SMILES string of the molecule is COc1ccc(C(NCC(O)C(C)C)c2ccccc2)cc1. The summed E-state index contributed by atoms with van der Waals surface area (Å²) in [4.78, 5) is 0. The van der Waals surface area contributed by atoms with Crippen LogP contribution >= 0.6 is 0 Å². The Morgan fingerprint density at radius 3 is 2.09 bits per heavy atom. The minimum atomic E-state index is -0.357. The van der Waals surface area contributed by atoms with Crippen molar-refractivity contribution >= 4 is 0 Å². The average Bonchev–Trinajstić information content (AvgIpc) is 2.56. The number of rotatable bonds is 7. The van der Waals surface area contributed by atoms with Crippen molar-refractivity contribution in [3.8, 4) is 5.75 Å². The van der Waals surface area contributed by atoms with Crippen LogP contribution in [0.15, 0.2) is 54.6 Å². The smallest absolute Gasteiger partial charge is 0.118 e. The molecular formula is C19H25NO2. The fourth-order valence-electron chi connectivity index (χ4n) is 2.34.